The number of rotatable bonds is 62. The minimum absolute atomic E-state index is 0.0710. The Kier molecular flexibility index (Phi) is 61.6. The molecule has 0 fully saturated rings. The van der Waals surface area contributed by atoms with Crippen molar-refractivity contribution in [3.05, 3.63) is 24.3 Å². The average Bonchev–Trinajstić information content (AvgIpc) is 3.40. The van der Waals surface area contributed by atoms with E-state index in [1.54, 1.807) is 0 Å². The van der Waals surface area contributed by atoms with Crippen molar-refractivity contribution in [2.45, 2.75) is 380 Å². The van der Waals surface area contributed by atoms with Crippen molar-refractivity contribution in [1.82, 2.24) is 0 Å². The first-order valence-electron chi connectivity index (χ1n) is 33.3. The highest BCUT2D eigenvalue weighted by Crippen LogP contribution is 2.18. The van der Waals surface area contributed by atoms with Crippen LogP contribution >= 0.6 is 0 Å². The van der Waals surface area contributed by atoms with Gasteiger partial charge in [0.05, 0.1) is 0 Å². The van der Waals surface area contributed by atoms with Gasteiger partial charge in [0.2, 0.25) is 0 Å². The molecule has 6 heteroatoms. The second kappa shape index (κ2) is 63.4. The fraction of sp³-hybridized carbons (Fsp3) is 0.897. The highest BCUT2D eigenvalue weighted by Gasteiger charge is 2.19. The van der Waals surface area contributed by atoms with Crippen LogP contribution in [0.4, 0.5) is 0 Å². The normalized spacial score (nSPS) is 12.1. The highest BCUT2D eigenvalue weighted by atomic mass is 16.6. The molecule has 0 bridgehead atoms. The van der Waals surface area contributed by atoms with Crippen molar-refractivity contribution in [1.29, 1.82) is 0 Å². The lowest BCUT2D eigenvalue weighted by Gasteiger charge is -2.18. The molecule has 1 atom stereocenters. The molecule has 0 saturated carbocycles. The number of ether oxygens (including phenoxy) is 3. The molecular weight excluding hydrogens is 913 g/mol. The number of hydrogen-bond acceptors (Lipinski definition) is 6. The van der Waals surface area contributed by atoms with Crippen molar-refractivity contribution < 1.29 is 28.6 Å². The van der Waals surface area contributed by atoms with E-state index in [2.05, 4.69) is 45.1 Å². The van der Waals surface area contributed by atoms with Crippen molar-refractivity contribution in [2.24, 2.45) is 0 Å². The Bertz CT molecular complexity index is 1190. The summed E-state index contributed by atoms with van der Waals surface area (Å²) in [6, 6.07) is 0. The van der Waals surface area contributed by atoms with Crippen LogP contribution in [0.15, 0.2) is 24.3 Å². The van der Waals surface area contributed by atoms with Crippen LogP contribution in [0, 0.1) is 0 Å². The van der Waals surface area contributed by atoms with Gasteiger partial charge in [0.1, 0.15) is 13.2 Å². The monoisotopic (exact) mass is 1040 g/mol. The van der Waals surface area contributed by atoms with Crippen molar-refractivity contribution >= 4 is 17.9 Å². The van der Waals surface area contributed by atoms with Gasteiger partial charge in [-0.05, 0) is 64.2 Å². The first-order valence-corrected chi connectivity index (χ1v) is 33.3. The van der Waals surface area contributed by atoms with Crippen LogP contribution in [0.2, 0.25) is 0 Å². The summed E-state index contributed by atoms with van der Waals surface area (Å²) >= 11 is 0. The van der Waals surface area contributed by atoms with Gasteiger partial charge in [0.25, 0.3) is 0 Å². The Morgan fingerprint density at radius 2 is 0.473 bits per heavy atom. The predicted molar refractivity (Wildman–Crippen MR) is 321 cm³/mol. The average molecular weight is 1040 g/mol. The standard InChI is InChI=1S/C68H128O6/c1-4-7-10-13-16-19-22-24-26-28-30-31-32-33-34-35-36-37-38-39-41-42-44-46-49-52-55-58-61-67(70)73-64-65(63-72-66(69)60-57-54-51-48-21-18-15-12-9-6-3)74-68(71)62-59-56-53-50-47-45-43-40-29-27-25-23-20-17-14-11-8-5-2/h12,15,27,29,65H,4-11,13-14,16-26,28,30-64H2,1-3H3/b15-12-,29-27-. The van der Waals surface area contributed by atoms with Crippen molar-refractivity contribution in [3.63, 3.8) is 0 Å². The van der Waals surface area contributed by atoms with E-state index in [0.29, 0.717) is 19.3 Å². The van der Waals surface area contributed by atoms with E-state index in [1.165, 1.54) is 263 Å². The fourth-order valence-corrected chi connectivity index (χ4v) is 10.2. The van der Waals surface area contributed by atoms with Gasteiger partial charge < -0.3 is 14.2 Å². The molecule has 0 heterocycles. The lowest BCUT2D eigenvalue weighted by molar-refractivity contribution is -0.167. The van der Waals surface area contributed by atoms with Crippen LogP contribution in [0.5, 0.6) is 0 Å². The van der Waals surface area contributed by atoms with E-state index in [0.717, 1.165) is 70.6 Å². The first kappa shape index (κ1) is 71.9. The van der Waals surface area contributed by atoms with E-state index in [-0.39, 0.29) is 31.1 Å². The van der Waals surface area contributed by atoms with Gasteiger partial charge in [0.15, 0.2) is 6.10 Å². The zero-order chi connectivity index (χ0) is 53.6. The quantitative estimate of drug-likeness (QED) is 0.0261. The van der Waals surface area contributed by atoms with Gasteiger partial charge in [0, 0.05) is 19.3 Å². The van der Waals surface area contributed by atoms with Crippen LogP contribution in [0.1, 0.15) is 374 Å². The van der Waals surface area contributed by atoms with E-state index in [9.17, 15) is 14.4 Å². The predicted octanol–water partition coefficient (Wildman–Crippen LogP) is 22.6. The van der Waals surface area contributed by atoms with Gasteiger partial charge in [-0.3, -0.25) is 14.4 Å². The maximum Gasteiger partial charge on any atom is 0.306 e. The summed E-state index contributed by atoms with van der Waals surface area (Å²) in [5.74, 6) is -0.862. The Labute approximate surface area is 462 Å². The van der Waals surface area contributed by atoms with Gasteiger partial charge in [-0.25, -0.2) is 0 Å². The number of hydrogen-bond donors (Lipinski definition) is 0. The molecule has 0 rings (SSSR count). The molecule has 0 aromatic carbocycles. The third kappa shape index (κ3) is 60.8. The molecule has 436 valence electrons. The molecule has 0 aromatic rings. The smallest absolute Gasteiger partial charge is 0.306 e. The minimum atomic E-state index is -0.774. The maximum absolute atomic E-state index is 12.9. The van der Waals surface area contributed by atoms with Crippen molar-refractivity contribution in [3.8, 4) is 0 Å². The summed E-state index contributed by atoms with van der Waals surface area (Å²) in [4.78, 5) is 38.2. The maximum atomic E-state index is 12.9. The van der Waals surface area contributed by atoms with Crippen LogP contribution in [-0.4, -0.2) is 37.2 Å². The molecule has 0 aliphatic heterocycles. The lowest BCUT2D eigenvalue weighted by atomic mass is 10.0. The molecule has 0 aromatic heterocycles. The molecule has 1 unspecified atom stereocenters. The molecule has 6 nitrogen and oxygen atoms in total. The van der Waals surface area contributed by atoms with Crippen LogP contribution in [-0.2, 0) is 28.6 Å². The second-order valence-corrected chi connectivity index (χ2v) is 22.7. The summed E-state index contributed by atoms with van der Waals surface area (Å²) in [5, 5.41) is 0. The number of unbranched alkanes of at least 4 members (excludes halogenated alkanes) is 47. The summed E-state index contributed by atoms with van der Waals surface area (Å²) in [6.45, 7) is 6.63. The Morgan fingerprint density at radius 1 is 0.257 bits per heavy atom. The van der Waals surface area contributed by atoms with Crippen LogP contribution in [0.3, 0.4) is 0 Å². The topological polar surface area (TPSA) is 78.9 Å². The molecule has 0 radical (unpaired) electrons. The molecule has 0 N–H and O–H groups in total. The molecular formula is C68H128O6. The van der Waals surface area contributed by atoms with E-state index < -0.39 is 6.10 Å². The Balaban J connectivity index is 4.11. The van der Waals surface area contributed by atoms with Gasteiger partial charge >= 0.3 is 17.9 Å². The minimum Gasteiger partial charge on any atom is -0.462 e. The van der Waals surface area contributed by atoms with E-state index >= 15 is 0 Å². The molecule has 0 spiro atoms. The third-order valence-electron chi connectivity index (χ3n) is 15.2. The van der Waals surface area contributed by atoms with Gasteiger partial charge in [-0.15, -0.1) is 0 Å². The lowest BCUT2D eigenvalue weighted by Crippen LogP contribution is -2.30. The third-order valence-corrected chi connectivity index (χ3v) is 15.2. The Morgan fingerprint density at radius 3 is 0.730 bits per heavy atom. The molecule has 0 aliphatic rings. The fourth-order valence-electron chi connectivity index (χ4n) is 10.2. The largest absolute Gasteiger partial charge is 0.462 e. The zero-order valence-corrected chi connectivity index (χ0v) is 50.1. The number of allylic oxidation sites excluding steroid dienone is 4. The number of carbonyl (C=O) groups is 3. The van der Waals surface area contributed by atoms with E-state index in [4.69, 9.17) is 14.2 Å². The van der Waals surface area contributed by atoms with Crippen LogP contribution < -0.4 is 0 Å². The zero-order valence-electron chi connectivity index (χ0n) is 50.1. The summed E-state index contributed by atoms with van der Waals surface area (Å²) in [6.07, 6.45) is 76.5. The summed E-state index contributed by atoms with van der Waals surface area (Å²) in [5.41, 5.74) is 0. The Hall–Kier alpha value is -2.11. The molecule has 74 heavy (non-hydrogen) atoms. The second-order valence-electron chi connectivity index (χ2n) is 22.7. The van der Waals surface area contributed by atoms with Gasteiger partial charge in [-0.2, -0.15) is 0 Å². The molecule has 0 aliphatic carbocycles. The highest BCUT2D eigenvalue weighted by molar-refractivity contribution is 5.71. The number of esters is 3. The molecule has 0 amide bonds. The first-order chi connectivity index (χ1) is 36.5. The number of carbonyl (C=O) groups excluding carboxylic acids is 3. The van der Waals surface area contributed by atoms with Gasteiger partial charge in [-0.1, -0.05) is 315 Å². The van der Waals surface area contributed by atoms with Crippen LogP contribution in [0.25, 0.3) is 0 Å². The van der Waals surface area contributed by atoms with E-state index in [1.807, 2.05) is 0 Å². The van der Waals surface area contributed by atoms with Crippen molar-refractivity contribution in [2.75, 3.05) is 13.2 Å². The SMILES string of the molecule is CCC/C=C\CCCCCCCC(=O)OCC(COC(=O)CCCCCCCCCCCCCCCCCCCCCCCCCCCCCC)OC(=O)CCCCCCCCC/C=C\CCCCCCCCC. The molecule has 0 saturated heterocycles. The summed E-state index contributed by atoms with van der Waals surface area (Å²) in [7, 11) is 0. The summed E-state index contributed by atoms with van der Waals surface area (Å²) < 4.78 is 16.9.